The van der Waals surface area contributed by atoms with Gasteiger partial charge in [0.05, 0.1) is 12.1 Å². The fourth-order valence-corrected chi connectivity index (χ4v) is 3.95. The monoisotopic (exact) mass is 426 g/mol. The highest BCUT2D eigenvalue weighted by molar-refractivity contribution is 5.98. The van der Waals surface area contributed by atoms with Gasteiger partial charge in [-0.25, -0.2) is 4.39 Å². The van der Waals surface area contributed by atoms with E-state index >= 15 is 0 Å². The molecule has 1 aliphatic carbocycles. The molecular weight excluding hydrogens is 395 g/mol. The summed E-state index contributed by atoms with van der Waals surface area (Å²) in [4.78, 5) is 16.0. The molecule has 0 aromatic heterocycles. The fourth-order valence-electron chi connectivity index (χ4n) is 3.95. The standard InChI is InChI=1S/C25H31FN2O3/c1-18(21-10-7-19(8-11-21)16-27-14-13-25(29)30)28-31-17-20-9-12-23(24(26)15-20)22-5-3-2-4-6-22/h7-12,15,22,27H,2-6,13-14,16-17H2,1H3,(H,29,30)/b28-18+. The lowest BCUT2D eigenvalue weighted by atomic mass is 9.83. The number of hydrogen-bond acceptors (Lipinski definition) is 4. The summed E-state index contributed by atoms with van der Waals surface area (Å²) in [5.74, 6) is -0.599. The van der Waals surface area contributed by atoms with Gasteiger partial charge in [-0.2, -0.15) is 0 Å². The Balaban J connectivity index is 1.49. The average Bonchev–Trinajstić information content (AvgIpc) is 2.77. The molecule has 0 radical (unpaired) electrons. The zero-order valence-electron chi connectivity index (χ0n) is 18.1. The molecule has 1 fully saturated rings. The number of nitrogens with zero attached hydrogens (tertiary/aromatic N) is 1. The minimum Gasteiger partial charge on any atom is -0.481 e. The van der Waals surface area contributed by atoms with Crippen LogP contribution in [0.2, 0.25) is 0 Å². The maximum absolute atomic E-state index is 14.5. The van der Waals surface area contributed by atoms with Crippen LogP contribution in [-0.4, -0.2) is 23.3 Å². The normalized spacial score (nSPS) is 15.1. The van der Waals surface area contributed by atoms with Gasteiger partial charge in [-0.1, -0.05) is 60.8 Å². The number of nitrogens with one attached hydrogen (secondary N) is 1. The van der Waals surface area contributed by atoms with Crippen LogP contribution in [0.1, 0.15) is 73.6 Å². The first-order valence-electron chi connectivity index (χ1n) is 11.0. The number of carboxylic acid groups (broad SMARTS) is 1. The second kappa shape index (κ2) is 11.6. The van der Waals surface area contributed by atoms with Crippen molar-refractivity contribution in [2.24, 2.45) is 5.16 Å². The Morgan fingerprint density at radius 2 is 1.84 bits per heavy atom. The summed E-state index contributed by atoms with van der Waals surface area (Å²) in [6.07, 6.45) is 5.89. The molecule has 0 bridgehead atoms. The predicted molar refractivity (Wildman–Crippen MR) is 120 cm³/mol. The van der Waals surface area contributed by atoms with Crippen LogP contribution in [0.3, 0.4) is 0 Å². The van der Waals surface area contributed by atoms with Gasteiger partial charge in [0, 0.05) is 13.1 Å². The summed E-state index contributed by atoms with van der Waals surface area (Å²) in [5.41, 5.74) is 4.35. The Bertz CT molecular complexity index is 890. The topological polar surface area (TPSA) is 70.9 Å². The molecule has 5 nitrogen and oxygen atoms in total. The fraction of sp³-hybridized carbons (Fsp3) is 0.440. The number of halogens is 1. The Hall–Kier alpha value is -2.73. The van der Waals surface area contributed by atoms with Gasteiger partial charge in [0.2, 0.25) is 0 Å². The molecule has 2 aromatic carbocycles. The van der Waals surface area contributed by atoms with E-state index in [0.717, 1.165) is 40.8 Å². The average molecular weight is 427 g/mol. The predicted octanol–water partition coefficient (Wildman–Crippen LogP) is 5.38. The quantitative estimate of drug-likeness (QED) is 0.304. The van der Waals surface area contributed by atoms with Crippen LogP contribution in [-0.2, 0) is 22.8 Å². The van der Waals surface area contributed by atoms with Crippen molar-refractivity contribution in [3.63, 3.8) is 0 Å². The Kier molecular flexibility index (Phi) is 8.59. The van der Waals surface area contributed by atoms with Gasteiger partial charge in [0.15, 0.2) is 0 Å². The van der Waals surface area contributed by atoms with Crippen LogP contribution >= 0.6 is 0 Å². The van der Waals surface area contributed by atoms with E-state index in [-0.39, 0.29) is 18.8 Å². The van der Waals surface area contributed by atoms with Gasteiger partial charge in [0.25, 0.3) is 0 Å². The van der Waals surface area contributed by atoms with E-state index in [4.69, 9.17) is 9.94 Å². The van der Waals surface area contributed by atoms with Crippen LogP contribution in [0.4, 0.5) is 4.39 Å². The van der Waals surface area contributed by atoms with E-state index in [2.05, 4.69) is 10.5 Å². The summed E-state index contributed by atoms with van der Waals surface area (Å²) in [7, 11) is 0. The first kappa shape index (κ1) is 22.9. The number of aliphatic carboxylic acids is 1. The Morgan fingerprint density at radius 1 is 1.13 bits per heavy atom. The molecule has 0 unspecified atom stereocenters. The molecule has 0 heterocycles. The number of rotatable bonds is 10. The third-order valence-electron chi connectivity index (χ3n) is 5.76. The van der Waals surface area contributed by atoms with Gasteiger partial charge in [0.1, 0.15) is 12.4 Å². The van der Waals surface area contributed by atoms with Crippen molar-refractivity contribution in [3.05, 3.63) is 70.5 Å². The van der Waals surface area contributed by atoms with Crippen molar-refractivity contribution in [2.45, 2.75) is 64.5 Å². The molecule has 0 aliphatic heterocycles. The van der Waals surface area contributed by atoms with E-state index in [1.807, 2.05) is 43.3 Å². The highest BCUT2D eigenvalue weighted by Gasteiger charge is 2.18. The first-order valence-corrected chi connectivity index (χ1v) is 11.0. The maximum Gasteiger partial charge on any atom is 0.304 e. The molecule has 6 heteroatoms. The number of carboxylic acids is 1. The summed E-state index contributed by atoms with van der Waals surface area (Å²) in [6, 6.07) is 13.3. The van der Waals surface area contributed by atoms with Crippen molar-refractivity contribution >= 4 is 11.7 Å². The first-order chi connectivity index (χ1) is 15.0. The highest BCUT2D eigenvalue weighted by atomic mass is 19.1. The molecule has 0 atom stereocenters. The van der Waals surface area contributed by atoms with E-state index in [9.17, 15) is 9.18 Å². The lowest BCUT2D eigenvalue weighted by Crippen LogP contribution is -2.17. The third kappa shape index (κ3) is 7.17. The molecule has 1 saturated carbocycles. The van der Waals surface area contributed by atoms with Crippen molar-refractivity contribution < 1.29 is 19.1 Å². The minimum atomic E-state index is -0.808. The van der Waals surface area contributed by atoms with Gasteiger partial charge < -0.3 is 15.3 Å². The zero-order chi connectivity index (χ0) is 22.1. The van der Waals surface area contributed by atoms with Gasteiger partial charge in [-0.15, -0.1) is 0 Å². The molecule has 2 aromatic rings. The largest absolute Gasteiger partial charge is 0.481 e. The Morgan fingerprint density at radius 3 is 2.52 bits per heavy atom. The highest BCUT2D eigenvalue weighted by Crippen LogP contribution is 2.34. The van der Waals surface area contributed by atoms with Crippen LogP contribution in [0, 0.1) is 5.82 Å². The van der Waals surface area contributed by atoms with E-state index < -0.39 is 5.97 Å². The van der Waals surface area contributed by atoms with Crippen molar-refractivity contribution in [1.29, 1.82) is 0 Å². The van der Waals surface area contributed by atoms with Crippen LogP contribution in [0.15, 0.2) is 47.6 Å². The van der Waals surface area contributed by atoms with Gasteiger partial charge in [-0.05, 0) is 54.0 Å². The molecule has 31 heavy (non-hydrogen) atoms. The molecule has 2 N–H and O–H groups in total. The molecule has 0 spiro atoms. The van der Waals surface area contributed by atoms with E-state index in [0.29, 0.717) is 19.0 Å². The van der Waals surface area contributed by atoms with Gasteiger partial charge >= 0.3 is 5.97 Å². The smallest absolute Gasteiger partial charge is 0.304 e. The zero-order valence-corrected chi connectivity index (χ0v) is 18.1. The van der Waals surface area contributed by atoms with E-state index in [1.54, 1.807) is 6.07 Å². The second-order valence-electron chi connectivity index (χ2n) is 8.16. The molecule has 166 valence electrons. The Labute approximate surface area is 183 Å². The van der Waals surface area contributed by atoms with Crippen molar-refractivity contribution in [2.75, 3.05) is 6.54 Å². The maximum atomic E-state index is 14.5. The summed E-state index contributed by atoms with van der Waals surface area (Å²) >= 11 is 0. The third-order valence-corrected chi connectivity index (χ3v) is 5.76. The minimum absolute atomic E-state index is 0.106. The van der Waals surface area contributed by atoms with E-state index in [1.165, 1.54) is 19.3 Å². The molecular formula is C25H31FN2O3. The lowest BCUT2D eigenvalue weighted by Gasteiger charge is -2.22. The molecule has 0 amide bonds. The second-order valence-corrected chi connectivity index (χ2v) is 8.16. The summed E-state index contributed by atoms with van der Waals surface area (Å²) in [6.45, 7) is 3.15. The lowest BCUT2D eigenvalue weighted by molar-refractivity contribution is -0.136. The number of carbonyl (C=O) groups is 1. The number of hydrogen-bond donors (Lipinski definition) is 2. The molecule has 1 aliphatic rings. The van der Waals surface area contributed by atoms with Crippen molar-refractivity contribution in [1.82, 2.24) is 5.32 Å². The van der Waals surface area contributed by atoms with Gasteiger partial charge in [-0.3, -0.25) is 4.79 Å². The van der Waals surface area contributed by atoms with Crippen LogP contribution in [0.5, 0.6) is 0 Å². The SMILES string of the molecule is C/C(=N\OCc1ccc(C2CCCCC2)c(F)c1)c1ccc(CNCCC(=O)O)cc1. The number of oxime groups is 1. The van der Waals surface area contributed by atoms with Crippen LogP contribution in [0.25, 0.3) is 0 Å². The van der Waals surface area contributed by atoms with Crippen LogP contribution < -0.4 is 5.32 Å². The summed E-state index contributed by atoms with van der Waals surface area (Å²) < 4.78 is 14.5. The molecule has 0 saturated heterocycles. The summed E-state index contributed by atoms with van der Waals surface area (Å²) in [5, 5.41) is 15.9. The van der Waals surface area contributed by atoms with Crippen molar-refractivity contribution in [3.8, 4) is 0 Å². The molecule has 3 rings (SSSR count). The number of benzene rings is 2.